The fourth-order valence-corrected chi connectivity index (χ4v) is 5.41. The molecular weight excluding hydrogens is 414 g/mol. The second-order valence-electron chi connectivity index (χ2n) is 9.54. The van der Waals surface area contributed by atoms with Crippen LogP contribution in [0.25, 0.3) is 0 Å². The lowest BCUT2D eigenvalue weighted by Gasteiger charge is -2.32. The Balaban J connectivity index is 1.21. The first-order valence-corrected chi connectivity index (χ1v) is 12.1. The van der Waals surface area contributed by atoms with Gasteiger partial charge in [0.2, 0.25) is 11.8 Å². The summed E-state index contributed by atoms with van der Waals surface area (Å²) in [7, 11) is 0. The van der Waals surface area contributed by atoms with E-state index in [0.717, 1.165) is 44.5 Å². The van der Waals surface area contributed by atoms with Gasteiger partial charge in [-0.2, -0.15) is 0 Å². The van der Waals surface area contributed by atoms with Crippen LogP contribution in [0.5, 0.6) is 0 Å². The maximum Gasteiger partial charge on any atom is 0.255 e. The highest BCUT2D eigenvalue weighted by Crippen LogP contribution is 2.34. The van der Waals surface area contributed by atoms with Gasteiger partial charge in [-0.05, 0) is 73.0 Å². The molecule has 2 saturated heterocycles. The summed E-state index contributed by atoms with van der Waals surface area (Å²) in [5, 5.41) is 2.37. The predicted molar refractivity (Wildman–Crippen MR) is 126 cm³/mol. The Bertz CT molecular complexity index is 1070. The molecule has 3 aliphatic rings. The molecule has 0 spiro atoms. The van der Waals surface area contributed by atoms with Gasteiger partial charge in [0.15, 0.2) is 0 Å². The van der Waals surface area contributed by atoms with E-state index < -0.39 is 6.04 Å². The molecule has 3 aliphatic heterocycles. The molecule has 2 aromatic carbocycles. The minimum absolute atomic E-state index is 0.102. The van der Waals surface area contributed by atoms with Crippen LogP contribution >= 0.6 is 0 Å². The van der Waals surface area contributed by atoms with Gasteiger partial charge in [-0.3, -0.25) is 24.6 Å². The summed E-state index contributed by atoms with van der Waals surface area (Å²) in [6.07, 6.45) is 3.97. The fourth-order valence-electron chi connectivity index (χ4n) is 5.41. The van der Waals surface area contributed by atoms with Gasteiger partial charge in [0.1, 0.15) is 6.04 Å². The Morgan fingerprint density at radius 3 is 2.36 bits per heavy atom. The molecule has 0 aliphatic carbocycles. The first-order chi connectivity index (χ1) is 16.0. The van der Waals surface area contributed by atoms with Crippen LogP contribution in [-0.4, -0.2) is 46.7 Å². The van der Waals surface area contributed by atoms with Gasteiger partial charge >= 0.3 is 0 Å². The summed E-state index contributed by atoms with van der Waals surface area (Å²) < 4.78 is 0. The molecule has 172 valence electrons. The van der Waals surface area contributed by atoms with Crippen LogP contribution in [0.4, 0.5) is 0 Å². The lowest BCUT2D eigenvalue weighted by atomic mass is 9.87. The zero-order valence-corrected chi connectivity index (χ0v) is 19.2. The number of fused-ring (bicyclic) bond motifs is 1. The summed E-state index contributed by atoms with van der Waals surface area (Å²) in [4.78, 5) is 40.8. The number of piperidine rings is 2. The third kappa shape index (κ3) is 4.44. The Morgan fingerprint density at radius 2 is 1.67 bits per heavy atom. The number of nitrogens with one attached hydrogen (secondary N) is 1. The number of aryl methyl sites for hydroxylation is 1. The zero-order valence-electron chi connectivity index (χ0n) is 19.2. The van der Waals surface area contributed by atoms with Crippen molar-refractivity contribution in [3.8, 4) is 0 Å². The first-order valence-electron chi connectivity index (χ1n) is 12.1. The van der Waals surface area contributed by atoms with Crippen molar-refractivity contribution < 1.29 is 14.4 Å². The largest absolute Gasteiger partial charge is 0.322 e. The number of carbonyl (C=O) groups is 3. The Morgan fingerprint density at radius 1 is 0.939 bits per heavy atom. The molecule has 2 fully saturated rings. The van der Waals surface area contributed by atoms with Gasteiger partial charge < -0.3 is 4.90 Å². The van der Waals surface area contributed by atoms with Crippen LogP contribution in [0.3, 0.4) is 0 Å². The normalized spacial score (nSPS) is 21.9. The molecular formula is C27H31N3O3. The molecule has 33 heavy (non-hydrogen) atoms. The number of nitrogens with zero attached hydrogens (tertiary/aromatic N) is 2. The van der Waals surface area contributed by atoms with Crippen molar-refractivity contribution in [2.24, 2.45) is 0 Å². The Kier molecular flexibility index (Phi) is 6.02. The van der Waals surface area contributed by atoms with Crippen molar-refractivity contribution in [3.63, 3.8) is 0 Å². The predicted octanol–water partition coefficient (Wildman–Crippen LogP) is 3.39. The smallest absolute Gasteiger partial charge is 0.255 e. The number of imide groups is 1. The highest BCUT2D eigenvalue weighted by Gasteiger charge is 2.39. The maximum absolute atomic E-state index is 12.9. The van der Waals surface area contributed by atoms with E-state index in [1.54, 1.807) is 4.90 Å². The number of hydrogen-bond acceptors (Lipinski definition) is 4. The molecule has 1 N–H and O–H groups in total. The third-order valence-electron chi connectivity index (χ3n) is 7.44. The summed E-state index contributed by atoms with van der Waals surface area (Å²) in [6.45, 7) is 5.76. The average Bonchev–Trinajstić information content (AvgIpc) is 3.15. The standard InChI is InChI=1S/C27H31N3O3/c1-2-18-3-5-19(6-4-18)16-29-13-11-20(12-14-29)21-7-8-23-22(15-21)17-30(27(23)33)24-9-10-25(31)28-26(24)32/h3-8,15,20,24H,2,9-14,16-17H2,1H3,(H,28,31,32). The summed E-state index contributed by atoms with van der Waals surface area (Å²) in [5.41, 5.74) is 5.73. The van der Waals surface area contributed by atoms with Gasteiger partial charge in [-0.15, -0.1) is 0 Å². The minimum Gasteiger partial charge on any atom is -0.322 e. The van der Waals surface area contributed by atoms with Crippen LogP contribution in [-0.2, 0) is 29.1 Å². The van der Waals surface area contributed by atoms with Crippen LogP contribution < -0.4 is 5.32 Å². The number of likely N-dealkylation sites (tertiary alicyclic amines) is 1. The molecule has 6 nitrogen and oxygen atoms in total. The van der Waals surface area contributed by atoms with E-state index in [4.69, 9.17) is 0 Å². The van der Waals surface area contributed by atoms with Gasteiger partial charge in [0.25, 0.3) is 5.91 Å². The molecule has 2 aromatic rings. The topological polar surface area (TPSA) is 69.7 Å². The van der Waals surface area contributed by atoms with E-state index in [-0.39, 0.29) is 24.1 Å². The van der Waals surface area contributed by atoms with Crippen LogP contribution in [0, 0.1) is 0 Å². The molecule has 0 radical (unpaired) electrons. The number of benzene rings is 2. The van der Waals surface area contributed by atoms with Crippen molar-refractivity contribution in [2.45, 2.75) is 64.1 Å². The lowest BCUT2D eigenvalue weighted by molar-refractivity contribution is -0.136. The summed E-state index contributed by atoms with van der Waals surface area (Å²) in [6, 6.07) is 14.6. The second kappa shape index (κ2) is 9.10. The number of amides is 3. The minimum atomic E-state index is -0.555. The van der Waals surface area contributed by atoms with Crippen molar-refractivity contribution in [1.82, 2.24) is 15.1 Å². The molecule has 6 heteroatoms. The Hall–Kier alpha value is -2.99. The van der Waals surface area contributed by atoms with Crippen molar-refractivity contribution >= 4 is 17.7 Å². The fraction of sp³-hybridized carbons (Fsp3) is 0.444. The summed E-state index contributed by atoms with van der Waals surface area (Å²) in [5.74, 6) is -0.222. The third-order valence-corrected chi connectivity index (χ3v) is 7.44. The van der Waals surface area contributed by atoms with E-state index in [1.165, 1.54) is 16.7 Å². The molecule has 1 unspecified atom stereocenters. The molecule has 1 atom stereocenters. The van der Waals surface area contributed by atoms with E-state index in [9.17, 15) is 14.4 Å². The van der Waals surface area contributed by atoms with Crippen molar-refractivity contribution in [1.29, 1.82) is 0 Å². The highest BCUT2D eigenvalue weighted by atomic mass is 16.2. The number of rotatable bonds is 5. The maximum atomic E-state index is 12.9. The monoisotopic (exact) mass is 445 g/mol. The number of hydrogen-bond donors (Lipinski definition) is 1. The van der Waals surface area contributed by atoms with Gasteiger partial charge in [-0.25, -0.2) is 0 Å². The molecule has 5 rings (SSSR count). The van der Waals surface area contributed by atoms with Crippen molar-refractivity contribution in [2.75, 3.05) is 13.1 Å². The van der Waals surface area contributed by atoms with Gasteiger partial charge in [-0.1, -0.05) is 43.3 Å². The van der Waals surface area contributed by atoms with E-state index >= 15 is 0 Å². The van der Waals surface area contributed by atoms with Crippen LogP contribution in [0.1, 0.15) is 71.1 Å². The lowest BCUT2D eigenvalue weighted by Crippen LogP contribution is -2.52. The zero-order chi connectivity index (χ0) is 22.9. The summed E-state index contributed by atoms with van der Waals surface area (Å²) >= 11 is 0. The molecule has 3 amide bonds. The van der Waals surface area contributed by atoms with E-state index in [2.05, 4.69) is 53.5 Å². The quantitative estimate of drug-likeness (QED) is 0.717. The number of carbonyl (C=O) groups excluding carboxylic acids is 3. The van der Waals surface area contributed by atoms with Gasteiger partial charge in [0.05, 0.1) is 0 Å². The van der Waals surface area contributed by atoms with E-state index in [0.29, 0.717) is 24.4 Å². The molecule has 0 saturated carbocycles. The van der Waals surface area contributed by atoms with Crippen LogP contribution in [0.15, 0.2) is 42.5 Å². The molecule has 3 heterocycles. The first kappa shape index (κ1) is 21.8. The molecule has 0 bridgehead atoms. The van der Waals surface area contributed by atoms with E-state index in [1.807, 2.05) is 6.07 Å². The SMILES string of the molecule is CCc1ccc(CN2CCC(c3ccc4c(c3)CN(C3CCC(=O)NC3=O)C4=O)CC2)cc1. The van der Waals surface area contributed by atoms with Gasteiger partial charge in [0, 0.05) is 25.1 Å². The highest BCUT2D eigenvalue weighted by molar-refractivity contribution is 6.05. The van der Waals surface area contributed by atoms with Crippen LogP contribution in [0.2, 0.25) is 0 Å². The van der Waals surface area contributed by atoms with Crippen molar-refractivity contribution in [3.05, 3.63) is 70.3 Å². The average molecular weight is 446 g/mol. The molecule has 0 aromatic heterocycles. The second-order valence-corrected chi connectivity index (χ2v) is 9.54. The Labute approximate surface area is 194 Å².